The lowest BCUT2D eigenvalue weighted by Gasteiger charge is -2.06. The summed E-state index contributed by atoms with van der Waals surface area (Å²) in [5.74, 6) is -0.518. The Morgan fingerprint density at radius 1 is 1.30 bits per heavy atom. The summed E-state index contributed by atoms with van der Waals surface area (Å²) >= 11 is 3.17. The molecule has 0 saturated heterocycles. The van der Waals surface area contributed by atoms with Crippen molar-refractivity contribution in [2.45, 2.75) is 14.0 Å². The normalized spacial score (nSPS) is 10.4. The molecule has 0 spiro atoms. The number of aromatic nitrogens is 4. The predicted octanol–water partition coefficient (Wildman–Crippen LogP) is 0.00530. The van der Waals surface area contributed by atoms with Crippen LogP contribution in [0.4, 0.5) is 0 Å². The summed E-state index contributed by atoms with van der Waals surface area (Å²) in [5.41, 5.74) is -0.612. The zero-order valence-electron chi connectivity index (χ0n) is 10.5. The van der Waals surface area contributed by atoms with Crippen LogP contribution in [0.15, 0.2) is 14.3 Å². The summed E-state index contributed by atoms with van der Waals surface area (Å²) in [6.07, 6.45) is 0. The third-order valence-electron chi connectivity index (χ3n) is 2.82. The maximum Gasteiger partial charge on any atom is 0.332 e. The number of carbonyl (C=O) groups is 1. The quantitative estimate of drug-likeness (QED) is 0.564. The molecule has 2 aromatic heterocycles. The van der Waals surface area contributed by atoms with Crippen LogP contribution in [0.1, 0.15) is 7.43 Å². The highest BCUT2D eigenvalue weighted by Gasteiger charge is 2.19. The minimum absolute atomic E-state index is 0. The van der Waals surface area contributed by atoms with Crippen molar-refractivity contribution < 1.29 is 9.53 Å². The van der Waals surface area contributed by atoms with Gasteiger partial charge in [-0.05, 0) is 15.9 Å². The van der Waals surface area contributed by atoms with Crippen LogP contribution in [0.3, 0.4) is 0 Å². The van der Waals surface area contributed by atoms with E-state index in [-0.39, 0.29) is 29.9 Å². The van der Waals surface area contributed by atoms with Crippen molar-refractivity contribution in [2.24, 2.45) is 14.1 Å². The molecule has 9 heteroatoms. The van der Waals surface area contributed by atoms with E-state index in [4.69, 9.17) is 0 Å². The molecule has 0 aromatic carbocycles. The van der Waals surface area contributed by atoms with Crippen LogP contribution in [0.25, 0.3) is 11.2 Å². The highest BCUT2D eigenvalue weighted by molar-refractivity contribution is 9.10. The van der Waals surface area contributed by atoms with Crippen LogP contribution >= 0.6 is 15.9 Å². The van der Waals surface area contributed by atoms with E-state index in [1.54, 1.807) is 0 Å². The molecule has 2 heterocycles. The molecular weight excluding hydrogens is 332 g/mol. The van der Waals surface area contributed by atoms with Crippen molar-refractivity contribution in [3.63, 3.8) is 0 Å². The van der Waals surface area contributed by atoms with Crippen molar-refractivity contribution in [3.05, 3.63) is 25.6 Å². The lowest BCUT2D eigenvalue weighted by Crippen LogP contribution is -2.37. The molecule has 8 nitrogen and oxygen atoms in total. The topological polar surface area (TPSA) is 88.1 Å². The van der Waals surface area contributed by atoms with Crippen LogP contribution in [-0.4, -0.2) is 31.8 Å². The van der Waals surface area contributed by atoms with E-state index in [9.17, 15) is 14.4 Å². The van der Waals surface area contributed by atoms with Crippen LogP contribution in [-0.2, 0) is 30.2 Å². The fourth-order valence-corrected chi connectivity index (χ4v) is 2.23. The van der Waals surface area contributed by atoms with Crippen molar-refractivity contribution in [3.8, 4) is 0 Å². The first-order valence-electron chi connectivity index (χ1n) is 5.27. The Kier molecular flexibility index (Phi) is 4.53. The van der Waals surface area contributed by atoms with Gasteiger partial charge in [0, 0.05) is 14.1 Å². The van der Waals surface area contributed by atoms with Gasteiger partial charge in [0.05, 0.1) is 7.11 Å². The van der Waals surface area contributed by atoms with Gasteiger partial charge < -0.3 is 9.30 Å². The Hall–Kier alpha value is -1.90. The number of hydrogen-bond acceptors (Lipinski definition) is 5. The summed E-state index contributed by atoms with van der Waals surface area (Å²) in [4.78, 5) is 39.3. The van der Waals surface area contributed by atoms with Gasteiger partial charge in [-0.25, -0.2) is 9.78 Å². The molecule has 0 fully saturated rings. The van der Waals surface area contributed by atoms with Gasteiger partial charge in [-0.3, -0.25) is 18.7 Å². The highest BCUT2D eigenvalue weighted by Crippen LogP contribution is 2.15. The van der Waals surface area contributed by atoms with Gasteiger partial charge in [-0.2, -0.15) is 0 Å². The lowest BCUT2D eigenvalue weighted by molar-refractivity contribution is -0.141. The molecule has 20 heavy (non-hydrogen) atoms. The molecule has 0 aliphatic rings. The smallest absolute Gasteiger partial charge is 0.332 e. The van der Waals surface area contributed by atoms with Gasteiger partial charge in [0.1, 0.15) is 6.54 Å². The largest absolute Gasteiger partial charge is 0.468 e. The second-order valence-corrected chi connectivity index (χ2v) is 4.63. The standard InChI is InChI=1S/C10H11BrN4O4.CH4/c1-13-7-6(8(17)14(2)10(13)18)15(9(11)12-7)4-5(16)19-3;/h4H2,1-3H3;1H4. The zero-order valence-corrected chi connectivity index (χ0v) is 12.1. The first-order chi connectivity index (χ1) is 8.88. The number of nitrogens with zero attached hydrogens (tertiary/aromatic N) is 4. The van der Waals surface area contributed by atoms with Crippen LogP contribution in [0.2, 0.25) is 0 Å². The summed E-state index contributed by atoms with van der Waals surface area (Å²) < 4.78 is 8.42. The Morgan fingerprint density at radius 2 is 1.90 bits per heavy atom. The molecule has 110 valence electrons. The average Bonchev–Trinajstić information content (AvgIpc) is 2.71. The molecule has 0 radical (unpaired) electrons. The summed E-state index contributed by atoms with van der Waals surface area (Å²) in [6.45, 7) is -0.166. The molecule has 0 bridgehead atoms. The first kappa shape index (κ1) is 16.2. The first-order valence-corrected chi connectivity index (χ1v) is 6.06. The monoisotopic (exact) mass is 346 g/mol. The molecule has 2 rings (SSSR count). The fraction of sp³-hybridized carbons (Fsp3) is 0.455. The number of imidazole rings is 1. The lowest BCUT2D eigenvalue weighted by atomic mass is 10.5. The van der Waals surface area contributed by atoms with Gasteiger partial charge in [-0.15, -0.1) is 0 Å². The Morgan fingerprint density at radius 3 is 2.45 bits per heavy atom. The Balaban J connectivity index is 0.00000200. The van der Waals surface area contributed by atoms with Gasteiger partial charge in [0.15, 0.2) is 15.9 Å². The summed E-state index contributed by atoms with van der Waals surface area (Å²) in [6, 6.07) is 0. The van der Waals surface area contributed by atoms with Crippen molar-refractivity contribution in [2.75, 3.05) is 7.11 Å². The molecule has 0 aliphatic carbocycles. The molecule has 2 aromatic rings. The Bertz CT molecular complexity index is 786. The minimum Gasteiger partial charge on any atom is -0.468 e. The maximum atomic E-state index is 12.1. The van der Waals surface area contributed by atoms with Gasteiger partial charge in [0.25, 0.3) is 5.56 Å². The molecule has 0 atom stereocenters. The zero-order chi connectivity index (χ0) is 14.3. The number of fused-ring (bicyclic) bond motifs is 1. The predicted molar refractivity (Wildman–Crippen MR) is 76.7 cm³/mol. The second kappa shape index (κ2) is 5.61. The van der Waals surface area contributed by atoms with Crippen molar-refractivity contribution in [1.29, 1.82) is 0 Å². The van der Waals surface area contributed by atoms with Crippen LogP contribution in [0, 0.1) is 0 Å². The van der Waals surface area contributed by atoms with E-state index >= 15 is 0 Å². The van der Waals surface area contributed by atoms with E-state index in [2.05, 4.69) is 25.7 Å². The number of carbonyl (C=O) groups excluding carboxylic acids is 1. The third kappa shape index (κ3) is 2.28. The Labute approximate surface area is 122 Å². The van der Waals surface area contributed by atoms with Crippen molar-refractivity contribution >= 4 is 33.1 Å². The van der Waals surface area contributed by atoms with E-state index < -0.39 is 17.2 Å². The highest BCUT2D eigenvalue weighted by atomic mass is 79.9. The summed E-state index contributed by atoms with van der Waals surface area (Å²) in [5, 5.41) is 0. The van der Waals surface area contributed by atoms with Gasteiger partial charge >= 0.3 is 11.7 Å². The molecule has 0 unspecified atom stereocenters. The fourth-order valence-electron chi connectivity index (χ4n) is 1.76. The van der Waals surface area contributed by atoms with E-state index in [1.165, 1.54) is 30.3 Å². The SMILES string of the molecule is C.COC(=O)Cn1c(Br)nc2c1c(=O)n(C)c(=O)n2C. The molecular formula is C11H15BrN4O4. The molecule has 0 N–H and O–H groups in total. The maximum absolute atomic E-state index is 12.1. The second-order valence-electron chi connectivity index (χ2n) is 3.92. The molecule has 0 amide bonds. The van der Waals surface area contributed by atoms with Crippen LogP contribution < -0.4 is 11.2 Å². The van der Waals surface area contributed by atoms with Gasteiger partial charge in [0.2, 0.25) is 0 Å². The number of ether oxygens (including phenoxy) is 1. The van der Waals surface area contributed by atoms with E-state index in [0.29, 0.717) is 0 Å². The summed E-state index contributed by atoms with van der Waals surface area (Å²) in [7, 11) is 4.13. The van der Waals surface area contributed by atoms with Crippen molar-refractivity contribution in [1.82, 2.24) is 18.7 Å². The number of aryl methyl sites for hydroxylation is 1. The number of halogens is 1. The average molecular weight is 347 g/mol. The van der Waals surface area contributed by atoms with Gasteiger partial charge in [-0.1, -0.05) is 7.43 Å². The van der Waals surface area contributed by atoms with Crippen LogP contribution in [0.5, 0.6) is 0 Å². The number of rotatable bonds is 2. The van der Waals surface area contributed by atoms with E-state index in [0.717, 1.165) is 4.57 Å². The molecule has 0 aliphatic heterocycles. The molecule has 0 saturated carbocycles. The number of hydrogen-bond donors (Lipinski definition) is 0. The third-order valence-corrected chi connectivity index (χ3v) is 3.42. The minimum atomic E-state index is -0.518. The van der Waals surface area contributed by atoms with E-state index in [1.807, 2.05) is 0 Å². The number of methoxy groups -OCH3 is 1. The number of esters is 1.